The summed E-state index contributed by atoms with van der Waals surface area (Å²) in [6.07, 6.45) is 0. The molecule has 66 valence electrons. The van der Waals surface area contributed by atoms with E-state index in [1.54, 1.807) is 0 Å². The Morgan fingerprint density at radius 1 is 0.462 bits per heavy atom. The van der Waals surface area contributed by atoms with Crippen molar-refractivity contribution in [2.45, 2.75) is 0 Å². The van der Waals surface area contributed by atoms with E-state index in [1.807, 2.05) is 60.7 Å². The van der Waals surface area contributed by atoms with Crippen LogP contribution in [-0.4, -0.2) is 0 Å². The molecule has 0 aliphatic heterocycles. The molecule has 2 rings (SSSR count). The normalized spacial score (nSPS) is 7.38. The third-order valence-electron chi connectivity index (χ3n) is 1.21. The van der Waals surface area contributed by atoms with E-state index in [9.17, 15) is 0 Å². The number of benzene rings is 2. The van der Waals surface area contributed by atoms with Gasteiger partial charge in [0.25, 0.3) is 0 Å². The van der Waals surface area contributed by atoms with Crippen LogP contribution >= 0.6 is 0 Å². The Hall–Kier alpha value is -0.222. The van der Waals surface area contributed by atoms with Crippen molar-refractivity contribution in [1.82, 2.24) is 0 Å². The first-order valence-corrected chi connectivity index (χ1v) is 3.82. The van der Waals surface area contributed by atoms with Gasteiger partial charge in [-0.25, -0.2) is 0 Å². The maximum absolute atomic E-state index is 2.89. The van der Waals surface area contributed by atoms with Gasteiger partial charge in [0.15, 0.2) is 0 Å². The molecule has 0 nitrogen and oxygen atoms in total. The van der Waals surface area contributed by atoms with E-state index in [4.69, 9.17) is 0 Å². The molecule has 0 aliphatic carbocycles. The molecule has 0 aliphatic rings. The Labute approximate surface area is 112 Å². The monoisotopic (exact) mass is 306 g/mol. The van der Waals surface area contributed by atoms with Crippen molar-refractivity contribution >= 4 is 0 Å². The second-order valence-electron chi connectivity index (χ2n) is 2.15. The van der Waals surface area contributed by atoms with Gasteiger partial charge in [0.1, 0.15) is 0 Å². The van der Waals surface area contributed by atoms with Crippen LogP contribution in [0.2, 0.25) is 0 Å². The molecule has 2 aromatic rings. The van der Waals surface area contributed by atoms with E-state index < -0.39 is 0 Å². The van der Waals surface area contributed by atoms with Crippen LogP contribution in [0.5, 0.6) is 0 Å². The van der Waals surface area contributed by atoms with Crippen molar-refractivity contribution in [3.05, 3.63) is 72.8 Å². The van der Waals surface area contributed by atoms with Crippen LogP contribution in [0.3, 0.4) is 0 Å². The van der Waals surface area contributed by atoms with E-state index >= 15 is 0 Å². The maximum Gasteiger partial charge on any atom is 0 e. The quantitative estimate of drug-likeness (QED) is 0.657. The average molecular weight is 305 g/mol. The van der Waals surface area contributed by atoms with Crippen molar-refractivity contribution in [3.8, 4) is 0 Å². The van der Waals surface area contributed by atoms with Crippen molar-refractivity contribution < 1.29 is 40.4 Å². The summed E-state index contributed by atoms with van der Waals surface area (Å²) >= 11 is 0. The first kappa shape index (κ1) is 12.8. The van der Waals surface area contributed by atoms with Crippen LogP contribution in [0, 0.1) is 52.5 Å². The zero-order valence-corrected chi connectivity index (χ0v) is 9.80. The molecular weight excluding hydrogens is 294 g/mol. The van der Waals surface area contributed by atoms with Crippen LogP contribution in [0.1, 0.15) is 0 Å². The molecule has 0 amide bonds. The molecule has 1 heteroatoms. The van der Waals surface area contributed by atoms with E-state index in [-0.39, 0.29) is 40.4 Å². The largest absolute Gasteiger partial charge is 0.184 e. The topological polar surface area (TPSA) is 0 Å². The van der Waals surface area contributed by atoms with Gasteiger partial charge in [0, 0.05) is 40.4 Å². The molecule has 0 heterocycles. The van der Waals surface area contributed by atoms with Gasteiger partial charge in [-0.2, -0.15) is 72.8 Å². The molecule has 0 saturated carbocycles. The standard InChI is InChI=1S/2C6H5.Sm/c2*1-2-4-6-5-3-1;/h2*1-5H;/q2*-1;. The summed E-state index contributed by atoms with van der Waals surface area (Å²) in [5.74, 6) is 0. The van der Waals surface area contributed by atoms with Gasteiger partial charge in [0.2, 0.25) is 0 Å². The van der Waals surface area contributed by atoms with Gasteiger partial charge < -0.3 is 0 Å². The summed E-state index contributed by atoms with van der Waals surface area (Å²) in [5.41, 5.74) is 0. The van der Waals surface area contributed by atoms with E-state index in [1.165, 1.54) is 0 Å². The molecule has 0 bridgehead atoms. The van der Waals surface area contributed by atoms with Crippen LogP contribution < -0.4 is 0 Å². The molecule has 0 aromatic heterocycles. The van der Waals surface area contributed by atoms with Gasteiger partial charge in [-0.05, 0) is 0 Å². The molecule has 0 N–H and O–H groups in total. The Kier molecular flexibility index (Phi) is 9.69. The Balaban J connectivity index is 0.000000206. The fraction of sp³-hybridized carbons (Fsp3) is 0. The predicted octanol–water partition coefficient (Wildman–Crippen LogP) is 2.97. The van der Waals surface area contributed by atoms with Gasteiger partial charge in [-0.15, -0.1) is 0 Å². The van der Waals surface area contributed by atoms with Crippen molar-refractivity contribution in [2.24, 2.45) is 0 Å². The molecule has 2 aromatic carbocycles. The van der Waals surface area contributed by atoms with Crippen molar-refractivity contribution in [1.29, 1.82) is 0 Å². The van der Waals surface area contributed by atoms with Crippen LogP contribution in [-0.2, 0) is 0 Å². The SMILES string of the molecule is [Sm].[c-]1ccccc1.[c-]1ccccc1. The number of hydrogen-bond donors (Lipinski definition) is 0. The first-order valence-electron chi connectivity index (χ1n) is 3.82. The molecule has 0 radical (unpaired) electrons. The summed E-state index contributed by atoms with van der Waals surface area (Å²) < 4.78 is 0. The third-order valence-corrected chi connectivity index (χ3v) is 1.21. The van der Waals surface area contributed by atoms with Crippen LogP contribution in [0.4, 0.5) is 0 Å². The summed E-state index contributed by atoms with van der Waals surface area (Å²) in [7, 11) is 0. The number of rotatable bonds is 0. The average Bonchev–Trinajstić information content (AvgIpc) is 2.24. The summed E-state index contributed by atoms with van der Waals surface area (Å²) in [6.45, 7) is 0. The second-order valence-corrected chi connectivity index (χ2v) is 2.15. The van der Waals surface area contributed by atoms with Crippen molar-refractivity contribution in [3.63, 3.8) is 0 Å². The van der Waals surface area contributed by atoms with Gasteiger partial charge in [-0.1, -0.05) is 0 Å². The third kappa shape index (κ3) is 8.12. The van der Waals surface area contributed by atoms with Crippen LogP contribution in [0.15, 0.2) is 60.7 Å². The molecule has 0 spiro atoms. The minimum atomic E-state index is 0. The molecule has 13 heavy (non-hydrogen) atoms. The van der Waals surface area contributed by atoms with Gasteiger partial charge in [-0.3, -0.25) is 0 Å². The Morgan fingerprint density at radius 3 is 0.846 bits per heavy atom. The zero-order chi connectivity index (χ0) is 8.49. The fourth-order valence-corrected chi connectivity index (χ4v) is 0.684. The zero-order valence-electron chi connectivity index (χ0n) is 7.18. The molecule has 0 atom stereocenters. The summed E-state index contributed by atoms with van der Waals surface area (Å²) in [5, 5.41) is 0. The Bertz CT molecular complexity index is 181. The van der Waals surface area contributed by atoms with Gasteiger partial charge in [0.05, 0.1) is 0 Å². The summed E-state index contributed by atoms with van der Waals surface area (Å²) in [6, 6.07) is 25.0. The minimum absolute atomic E-state index is 0. The molecular formula is C12H10Sm-2. The fourth-order valence-electron chi connectivity index (χ4n) is 0.684. The first-order chi connectivity index (χ1) is 6.00. The summed E-state index contributed by atoms with van der Waals surface area (Å²) in [4.78, 5) is 0. The van der Waals surface area contributed by atoms with Gasteiger partial charge >= 0.3 is 0 Å². The van der Waals surface area contributed by atoms with Crippen molar-refractivity contribution in [2.75, 3.05) is 0 Å². The molecule has 0 saturated heterocycles. The minimum Gasteiger partial charge on any atom is -0.184 e. The van der Waals surface area contributed by atoms with E-state index in [0.29, 0.717) is 0 Å². The molecule has 0 unspecified atom stereocenters. The Morgan fingerprint density at radius 2 is 0.769 bits per heavy atom. The smallest absolute Gasteiger partial charge is 0 e. The second kappa shape index (κ2) is 9.86. The predicted molar refractivity (Wildman–Crippen MR) is 50.6 cm³/mol. The van der Waals surface area contributed by atoms with Crippen LogP contribution in [0.25, 0.3) is 0 Å². The molecule has 0 fully saturated rings. The number of hydrogen-bond acceptors (Lipinski definition) is 0. The van der Waals surface area contributed by atoms with E-state index in [0.717, 1.165) is 0 Å². The van der Waals surface area contributed by atoms with E-state index in [2.05, 4.69) is 12.1 Å². The maximum atomic E-state index is 2.89.